The first-order valence-electron chi connectivity index (χ1n) is 11.3. The van der Waals surface area contributed by atoms with Crippen LogP contribution in [0.3, 0.4) is 0 Å². The van der Waals surface area contributed by atoms with Gasteiger partial charge in [0.2, 0.25) is 0 Å². The number of aryl methyl sites for hydroxylation is 1. The zero-order valence-electron chi connectivity index (χ0n) is 19.5. The van der Waals surface area contributed by atoms with Gasteiger partial charge in [0, 0.05) is 31.3 Å². The molecule has 0 aliphatic rings. The number of aliphatic hydroxyl groups excluding tert-OH is 1. The number of carbonyl (C=O) groups is 1. The lowest BCUT2D eigenvalue weighted by molar-refractivity contribution is -0.137. The van der Waals surface area contributed by atoms with Crippen LogP contribution < -0.4 is 10.9 Å². The third-order valence-electron chi connectivity index (χ3n) is 5.99. The Morgan fingerprint density at radius 2 is 1.92 bits per heavy atom. The average Bonchev–Trinajstić information content (AvgIpc) is 3.43. The number of hydrogen-bond acceptors (Lipinski definition) is 5. The van der Waals surface area contributed by atoms with Gasteiger partial charge in [0.25, 0.3) is 11.5 Å². The van der Waals surface area contributed by atoms with Gasteiger partial charge in [-0.2, -0.15) is 18.3 Å². The van der Waals surface area contributed by atoms with Crippen molar-refractivity contribution in [1.82, 2.24) is 29.9 Å². The fourth-order valence-electron chi connectivity index (χ4n) is 4.13. The second-order valence-electron chi connectivity index (χ2n) is 8.43. The van der Waals surface area contributed by atoms with Crippen LogP contribution in [0.15, 0.2) is 59.5 Å². The summed E-state index contributed by atoms with van der Waals surface area (Å²) in [6, 6.07) is 10.9. The van der Waals surface area contributed by atoms with Gasteiger partial charge in [0.15, 0.2) is 5.65 Å². The van der Waals surface area contributed by atoms with Crippen molar-refractivity contribution in [2.75, 3.05) is 13.2 Å². The molecule has 0 saturated carbocycles. The van der Waals surface area contributed by atoms with Crippen LogP contribution in [0.1, 0.15) is 22.3 Å². The highest BCUT2D eigenvalue weighted by atomic mass is 19.4. The Kier molecular flexibility index (Phi) is 6.04. The molecule has 3 N–H and O–H groups in total. The number of aromatic amines is 1. The predicted octanol–water partition coefficient (Wildman–Crippen LogP) is 3.40. The number of aliphatic hydroxyl groups is 1. The van der Waals surface area contributed by atoms with E-state index in [0.29, 0.717) is 40.8 Å². The number of aromatic nitrogens is 5. The number of rotatable bonds is 6. The number of halogens is 3. The van der Waals surface area contributed by atoms with E-state index in [9.17, 15) is 22.8 Å². The van der Waals surface area contributed by atoms with Gasteiger partial charge in [-0.15, -0.1) is 0 Å². The number of carbonyl (C=O) groups excluding carboxylic acids is 1. The summed E-state index contributed by atoms with van der Waals surface area (Å²) in [4.78, 5) is 30.4. The number of pyridine rings is 1. The first kappa shape index (κ1) is 24.3. The van der Waals surface area contributed by atoms with Gasteiger partial charge in [-0.1, -0.05) is 12.1 Å². The standard InChI is InChI=1S/C25H21F3N6O3/c1-33-22-18(13-30-33)21-19(20(31-22)15-4-2-5-16(12-15)25(26,27)28)24(37)34(32-21)17-8-6-14(7-9-17)23(36)29-10-3-11-35/h2,4-9,12-13,32,35H,3,10-11H2,1H3,(H,29,36). The van der Waals surface area contributed by atoms with E-state index in [2.05, 4.69) is 20.5 Å². The smallest absolute Gasteiger partial charge is 0.396 e. The molecule has 5 rings (SSSR count). The summed E-state index contributed by atoms with van der Waals surface area (Å²) in [5.41, 5.74) is 0.421. The lowest BCUT2D eigenvalue weighted by Gasteiger charge is -2.09. The molecule has 1 amide bonds. The van der Waals surface area contributed by atoms with E-state index in [4.69, 9.17) is 5.11 Å². The van der Waals surface area contributed by atoms with E-state index in [1.807, 2.05) is 0 Å². The number of hydrogen-bond donors (Lipinski definition) is 3. The molecule has 190 valence electrons. The zero-order valence-corrected chi connectivity index (χ0v) is 19.5. The highest BCUT2D eigenvalue weighted by molar-refractivity contribution is 6.07. The van der Waals surface area contributed by atoms with Crippen LogP contribution >= 0.6 is 0 Å². The summed E-state index contributed by atoms with van der Waals surface area (Å²) in [7, 11) is 1.65. The summed E-state index contributed by atoms with van der Waals surface area (Å²) < 4.78 is 42.9. The van der Waals surface area contributed by atoms with Crippen molar-refractivity contribution in [3.05, 3.63) is 76.2 Å². The van der Waals surface area contributed by atoms with Gasteiger partial charge in [-0.05, 0) is 42.8 Å². The highest BCUT2D eigenvalue weighted by Crippen LogP contribution is 2.34. The quantitative estimate of drug-likeness (QED) is 0.303. The van der Waals surface area contributed by atoms with Crippen LogP contribution in [0.4, 0.5) is 13.2 Å². The summed E-state index contributed by atoms with van der Waals surface area (Å²) in [6.45, 7) is 0.287. The van der Waals surface area contributed by atoms with Crippen LogP contribution in [0, 0.1) is 0 Å². The van der Waals surface area contributed by atoms with E-state index in [1.54, 1.807) is 31.3 Å². The maximum absolute atomic E-state index is 13.6. The van der Waals surface area contributed by atoms with Crippen LogP contribution in [-0.2, 0) is 13.2 Å². The Labute approximate surface area is 207 Å². The Hall–Kier alpha value is -4.45. The Bertz CT molecular complexity index is 1680. The van der Waals surface area contributed by atoms with E-state index >= 15 is 0 Å². The topological polar surface area (TPSA) is 118 Å². The maximum Gasteiger partial charge on any atom is 0.416 e. The van der Waals surface area contributed by atoms with E-state index < -0.39 is 17.3 Å². The zero-order chi connectivity index (χ0) is 26.3. The molecule has 3 aromatic heterocycles. The molecule has 2 aromatic carbocycles. The van der Waals surface area contributed by atoms with Crippen LogP contribution in [0.2, 0.25) is 0 Å². The van der Waals surface area contributed by atoms with Gasteiger partial charge in [0.1, 0.15) is 0 Å². The molecule has 0 aliphatic carbocycles. The minimum atomic E-state index is -4.56. The van der Waals surface area contributed by atoms with E-state index in [0.717, 1.165) is 12.1 Å². The summed E-state index contributed by atoms with van der Waals surface area (Å²) in [5.74, 6) is -0.322. The van der Waals surface area contributed by atoms with E-state index in [1.165, 1.54) is 27.7 Å². The van der Waals surface area contributed by atoms with Gasteiger partial charge in [0.05, 0.1) is 39.4 Å². The fraction of sp³-hybridized carbons (Fsp3) is 0.200. The van der Waals surface area contributed by atoms with Crippen molar-refractivity contribution in [3.63, 3.8) is 0 Å². The number of benzene rings is 2. The molecule has 0 bridgehead atoms. The number of alkyl halides is 3. The molecule has 0 atom stereocenters. The van der Waals surface area contributed by atoms with Crippen molar-refractivity contribution < 1.29 is 23.1 Å². The van der Waals surface area contributed by atoms with Crippen molar-refractivity contribution in [2.24, 2.45) is 7.05 Å². The van der Waals surface area contributed by atoms with Gasteiger partial charge in [-0.3, -0.25) is 19.4 Å². The maximum atomic E-state index is 13.6. The minimum Gasteiger partial charge on any atom is -0.396 e. The average molecular weight is 510 g/mol. The Morgan fingerprint density at radius 3 is 2.62 bits per heavy atom. The molecule has 0 radical (unpaired) electrons. The molecule has 0 unspecified atom stereocenters. The number of amides is 1. The molecule has 12 heteroatoms. The number of nitrogens with one attached hydrogen (secondary N) is 2. The van der Waals surface area contributed by atoms with Crippen molar-refractivity contribution in [1.29, 1.82) is 0 Å². The monoisotopic (exact) mass is 510 g/mol. The fourth-order valence-corrected chi connectivity index (χ4v) is 4.13. The molecule has 3 heterocycles. The molecular formula is C25H21F3N6O3. The molecule has 0 aliphatic heterocycles. The van der Waals surface area contributed by atoms with Crippen molar-refractivity contribution in [2.45, 2.75) is 12.6 Å². The molecule has 0 spiro atoms. The van der Waals surface area contributed by atoms with Crippen molar-refractivity contribution in [3.8, 4) is 16.9 Å². The molecule has 37 heavy (non-hydrogen) atoms. The first-order valence-corrected chi connectivity index (χ1v) is 11.3. The Balaban J connectivity index is 1.66. The molecule has 0 fully saturated rings. The summed E-state index contributed by atoms with van der Waals surface area (Å²) in [5, 5.41) is 19.4. The second kappa shape index (κ2) is 9.21. The third-order valence-corrected chi connectivity index (χ3v) is 5.99. The van der Waals surface area contributed by atoms with Gasteiger partial charge >= 0.3 is 6.18 Å². The molecule has 5 aromatic rings. The normalized spacial score (nSPS) is 11.9. The van der Waals surface area contributed by atoms with Crippen LogP contribution in [0.5, 0.6) is 0 Å². The lowest BCUT2D eigenvalue weighted by atomic mass is 10.0. The largest absolute Gasteiger partial charge is 0.416 e. The summed E-state index contributed by atoms with van der Waals surface area (Å²) >= 11 is 0. The van der Waals surface area contributed by atoms with E-state index in [-0.39, 0.29) is 29.2 Å². The van der Waals surface area contributed by atoms with Gasteiger partial charge < -0.3 is 10.4 Å². The SMILES string of the molecule is Cn1ncc2c3[nH]n(-c4ccc(C(=O)NCCCO)cc4)c(=O)c3c(-c3cccc(C(F)(F)F)c3)nc21. The van der Waals surface area contributed by atoms with Crippen LogP contribution in [-0.4, -0.2) is 48.7 Å². The Morgan fingerprint density at radius 1 is 1.16 bits per heavy atom. The van der Waals surface area contributed by atoms with Crippen LogP contribution in [0.25, 0.3) is 38.9 Å². The molecule has 9 nitrogen and oxygen atoms in total. The van der Waals surface area contributed by atoms with Crippen molar-refractivity contribution >= 4 is 27.8 Å². The lowest BCUT2D eigenvalue weighted by Crippen LogP contribution is -2.25. The number of H-pyrrole nitrogens is 1. The molecule has 0 saturated heterocycles. The minimum absolute atomic E-state index is 0.0376. The van der Waals surface area contributed by atoms with Gasteiger partial charge in [-0.25, -0.2) is 9.67 Å². The first-order chi connectivity index (χ1) is 17.7. The number of nitrogens with zero attached hydrogens (tertiary/aromatic N) is 4. The second-order valence-corrected chi connectivity index (χ2v) is 8.43. The third kappa shape index (κ3) is 4.35. The predicted molar refractivity (Wildman–Crippen MR) is 130 cm³/mol. The number of fused-ring (bicyclic) bond motifs is 3. The summed E-state index contributed by atoms with van der Waals surface area (Å²) in [6.07, 6.45) is -2.60. The highest BCUT2D eigenvalue weighted by Gasteiger charge is 2.31. The molecular weight excluding hydrogens is 489 g/mol.